The van der Waals surface area contributed by atoms with Crippen LogP contribution >= 0.6 is 0 Å². The number of benzene rings is 1. The molecule has 0 bridgehead atoms. The number of nitrogens with one attached hydrogen (secondary N) is 1. The van der Waals surface area contributed by atoms with Crippen molar-refractivity contribution in [3.05, 3.63) is 60.3 Å². The SMILES string of the molecule is O=C(Nc1cccc(F)c1)c1cnc2nccnc2c1. The Balaban J connectivity index is 1.88. The largest absolute Gasteiger partial charge is 0.322 e. The molecule has 98 valence electrons. The first-order valence-corrected chi connectivity index (χ1v) is 5.86. The maximum atomic E-state index is 13.0. The first-order chi connectivity index (χ1) is 9.72. The van der Waals surface area contributed by atoms with E-state index in [1.165, 1.54) is 36.8 Å². The molecular weight excluding hydrogens is 259 g/mol. The van der Waals surface area contributed by atoms with E-state index in [0.29, 0.717) is 22.4 Å². The number of fused-ring (bicyclic) bond motifs is 1. The summed E-state index contributed by atoms with van der Waals surface area (Å²) in [4.78, 5) is 24.2. The molecule has 0 radical (unpaired) electrons. The molecule has 3 aromatic rings. The van der Waals surface area contributed by atoms with Gasteiger partial charge < -0.3 is 5.32 Å². The van der Waals surface area contributed by atoms with Crippen LogP contribution in [0.5, 0.6) is 0 Å². The Morgan fingerprint density at radius 2 is 1.95 bits per heavy atom. The molecule has 1 amide bonds. The summed E-state index contributed by atoms with van der Waals surface area (Å²) in [6, 6.07) is 7.27. The first kappa shape index (κ1) is 12.2. The van der Waals surface area contributed by atoms with E-state index in [1.54, 1.807) is 12.1 Å². The Labute approximate surface area is 113 Å². The molecule has 0 unspecified atom stereocenters. The van der Waals surface area contributed by atoms with Crippen molar-refractivity contribution in [2.45, 2.75) is 0 Å². The highest BCUT2D eigenvalue weighted by molar-refractivity contribution is 6.05. The van der Waals surface area contributed by atoms with E-state index in [-0.39, 0.29) is 5.91 Å². The van der Waals surface area contributed by atoms with Crippen LogP contribution in [-0.2, 0) is 0 Å². The minimum atomic E-state index is -0.412. The summed E-state index contributed by atoms with van der Waals surface area (Å²) < 4.78 is 13.0. The van der Waals surface area contributed by atoms with Crippen molar-refractivity contribution in [2.75, 3.05) is 5.32 Å². The number of amides is 1. The monoisotopic (exact) mass is 268 g/mol. The number of pyridine rings is 1. The summed E-state index contributed by atoms with van der Waals surface area (Å²) in [7, 11) is 0. The summed E-state index contributed by atoms with van der Waals surface area (Å²) in [6.45, 7) is 0. The van der Waals surface area contributed by atoms with E-state index < -0.39 is 5.82 Å². The van der Waals surface area contributed by atoms with Gasteiger partial charge in [-0.15, -0.1) is 0 Å². The lowest BCUT2D eigenvalue weighted by molar-refractivity contribution is 0.102. The highest BCUT2D eigenvalue weighted by Gasteiger charge is 2.09. The molecular formula is C14H9FN4O. The molecule has 0 aliphatic rings. The number of rotatable bonds is 2. The lowest BCUT2D eigenvalue weighted by atomic mass is 10.2. The zero-order valence-electron chi connectivity index (χ0n) is 10.2. The molecule has 1 N–H and O–H groups in total. The maximum Gasteiger partial charge on any atom is 0.257 e. The molecule has 2 heterocycles. The van der Waals surface area contributed by atoms with Gasteiger partial charge in [0.25, 0.3) is 5.91 Å². The normalized spacial score (nSPS) is 10.4. The van der Waals surface area contributed by atoms with Crippen molar-refractivity contribution in [3.63, 3.8) is 0 Å². The molecule has 0 saturated heterocycles. The van der Waals surface area contributed by atoms with Gasteiger partial charge in [0.05, 0.1) is 5.56 Å². The molecule has 20 heavy (non-hydrogen) atoms. The third kappa shape index (κ3) is 2.44. The number of anilines is 1. The van der Waals surface area contributed by atoms with E-state index >= 15 is 0 Å². The third-order valence-electron chi connectivity index (χ3n) is 2.67. The number of hydrogen-bond acceptors (Lipinski definition) is 4. The lowest BCUT2D eigenvalue weighted by Gasteiger charge is -2.05. The van der Waals surface area contributed by atoms with Gasteiger partial charge in [-0.05, 0) is 24.3 Å². The van der Waals surface area contributed by atoms with Crippen LogP contribution in [0, 0.1) is 5.82 Å². The van der Waals surface area contributed by atoms with E-state index in [0.717, 1.165) is 0 Å². The Hall–Kier alpha value is -2.89. The second-order valence-electron chi connectivity index (χ2n) is 4.09. The quantitative estimate of drug-likeness (QED) is 0.775. The molecule has 5 nitrogen and oxygen atoms in total. The molecule has 2 aromatic heterocycles. The van der Waals surface area contributed by atoms with E-state index in [1.807, 2.05) is 0 Å². The molecule has 6 heteroatoms. The Kier molecular flexibility index (Phi) is 3.04. The van der Waals surface area contributed by atoms with Crippen molar-refractivity contribution < 1.29 is 9.18 Å². The smallest absolute Gasteiger partial charge is 0.257 e. The van der Waals surface area contributed by atoms with Crippen LogP contribution in [0.3, 0.4) is 0 Å². The van der Waals surface area contributed by atoms with Gasteiger partial charge in [-0.3, -0.25) is 9.78 Å². The second-order valence-corrected chi connectivity index (χ2v) is 4.09. The number of hydrogen-bond donors (Lipinski definition) is 1. The molecule has 1 aromatic carbocycles. The van der Waals surface area contributed by atoms with Crippen molar-refractivity contribution in [2.24, 2.45) is 0 Å². The van der Waals surface area contributed by atoms with E-state index in [4.69, 9.17) is 0 Å². The predicted molar refractivity (Wildman–Crippen MR) is 71.7 cm³/mol. The highest BCUT2D eigenvalue weighted by atomic mass is 19.1. The zero-order valence-corrected chi connectivity index (χ0v) is 10.2. The zero-order chi connectivity index (χ0) is 13.9. The predicted octanol–water partition coefficient (Wildman–Crippen LogP) is 2.42. The van der Waals surface area contributed by atoms with Gasteiger partial charge in [0.1, 0.15) is 11.3 Å². The van der Waals surface area contributed by atoms with Gasteiger partial charge in [0, 0.05) is 24.3 Å². The summed E-state index contributed by atoms with van der Waals surface area (Å²) >= 11 is 0. The van der Waals surface area contributed by atoms with Crippen LogP contribution in [0.2, 0.25) is 0 Å². The standard InChI is InChI=1S/C14H9FN4O/c15-10-2-1-3-11(7-10)19-14(20)9-6-12-13(18-8-9)17-5-4-16-12/h1-8H,(H,19,20). The Morgan fingerprint density at radius 1 is 1.10 bits per heavy atom. The van der Waals surface area contributed by atoms with E-state index in [9.17, 15) is 9.18 Å². The average molecular weight is 268 g/mol. The average Bonchev–Trinajstić information content (AvgIpc) is 2.47. The molecule has 0 spiro atoms. The Morgan fingerprint density at radius 3 is 2.80 bits per heavy atom. The number of aromatic nitrogens is 3. The molecule has 0 aliphatic heterocycles. The van der Waals surface area contributed by atoms with E-state index in [2.05, 4.69) is 20.3 Å². The number of halogens is 1. The van der Waals surface area contributed by atoms with Crippen LogP contribution in [-0.4, -0.2) is 20.9 Å². The fourth-order valence-electron chi connectivity index (χ4n) is 1.75. The third-order valence-corrected chi connectivity index (χ3v) is 2.67. The van der Waals surface area contributed by atoms with Crippen LogP contribution in [0.25, 0.3) is 11.2 Å². The van der Waals surface area contributed by atoms with Gasteiger partial charge in [-0.2, -0.15) is 0 Å². The summed E-state index contributed by atoms with van der Waals surface area (Å²) in [5.41, 5.74) is 1.71. The van der Waals surface area contributed by atoms with Crippen LogP contribution < -0.4 is 5.32 Å². The summed E-state index contributed by atoms with van der Waals surface area (Å²) in [5.74, 6) is -0.791. The molecule has 3 rings (SSSR count). The Bertz CT molecular complexity index is 791. The number of carbonyl (C=O) groups excluding carboxylic acids is 1. The highest BCUT2D eigenvalue weighted by Crippen LogP contribution is 2.12. The second kappa shape index (κ2) is 5.00. The summed E-state index contributed by atoms with van der Waals surface area (Å²) in [6.07, 6.45) is 4.46. The van der Waals surface area contributed by atoms with Gasteiger partial charge in [-0.25, -0.2) is 14.4 Å². The van der Waals surface area contributed by atoms with Gasteiger partial charge in [-0.1, -0.05) is 6.07 Å². The fraction of sp³-hybridized carbons (Fsp3) is 0. The molecule has 0 saturated carbocycles. The molecule has 0 fully saturated rings. The topological polar surface area (TPSA) is 67.8 Å². The maximum absolute atomic E-state index is 13.0. The van der Waals surface area contributed by atoms with Crippen LogP contribution in [0.1, 0.15) is 10.4 Å². The number of carbonyl (C=O) groups is 1. The minimum absolute atomic E-state index is 0.335. The van der Waals surface area contributed by atoms with Crippen LogP contribution in [0.4, 0.5) is 10.1 Å². The fourth-order valence-corrected chi connectivity index (χ4v) is 1.75. The molecule has 0 atom stereocenters. The minimum Gasteiger partial charge on any atom is -0.322 e. The van der Waals surface area contributed by atoms with Crippen molar-refractivity contribution in [3.8, 4) is 0 Å². The van der Waals surface area contributed by atoms with Crippen molar-refractivity contribution in [1.82, 2.24) is 15.0 Å². The van der Waals surface area contributed by atoms with Gasteiger partial charge in [0.15, 0.2) is 5.65 Å². The lowest BCUT2D eigenvalue weighted by Crippen LogP contribution is -2.12. The van der Waals surface area contributed by atoms with Crippen molar-refractivity contribution in [1.29, 1.82) is 0 Å². The summed E-state index contributed by atoms with van der Waals surface area (Å²) in [5, 5.41) is 2.60. The first-order valence-electron chi connectivity index (χ1n) is 5.86. The van der Waals surface area contributed by atoms with Gasteiger partial charge in [0.2, 0.25) is 0 Å². The van der Waals surface area contributed by atoms with Crippen LogP contribution in [0.15, 0.2) is 48.9 Å². The number of nitrogens with zero attached hydrogens (tertiary/aromatic N) is 3. The van der Waals surface area contributed by atoms with Crippen molar-refractivity contribution >= 4 is 22.8 Å². The van der Waals surface area contributed by atoms with Gasteiger partial charge >= 0.3 is 0 Å². The molecule has 0 aliphatic carbocycles.